The fourth-order valence-electron chi connectivity index (χ4n) is 3.76. The van der Waals surface area contributed by atoms with E-state index in [2.05, 4.69) is 10.5 Å². The van der Waals surface area contributed by atoms with Crippen molar-refractivity contribution in [3.63, 3.8) is 0 Å². The van der Waals surface area contributed by atoms with Gasteiger partial charge in [0.25, 0.3) is 0 Å². The number of amides is 1. The predicted octanol–water partition coefficient (Wildman–Crippen LogP) is 3.72. The van der Waals surface area contributed by atoms with Gasteiger partial charge in [-0.1, -0.05) is 19.0 Å². The van der Waals surface area contributed by atoms with Gasteiger partial charge in [0.1, 0.15) is 17.2 Å². The number of aromatic carboxylic acids is 1. The molecule has 0 unspecified atom stereocenters. The van der Waals surface area contributed by atoms with Crippen LogP contribution in [-0.4, -0.2) is 45.6 Å². The molecule has 1 fully saturated rings. The second-order valence-corrected chi connectivity index (χ2v) is 7.82. The highest BCUT2D eigenvalue weighted by atomic mass is 16.5. The molecule has 1 aliphatic rings. The van der Waals surface area contributed by atoms with E-state index in [1.165, 1.54) is 6.07 Å². The Balaban J connectivity index is 1.96. The lowest BCUT2D eigenvalue weighted by atomic mass is 9.86. The van der Waals surface area contributed by atoms with Crippen molar-refractivity contribution >= 4 is 17.6 Å². The Morgan fingerprint density at radius 1 is 1.17 bits per heavy atom. The number of phenolic OH excluding ortho intramolecular Hbond substituents is 2. The molecule has 0 aliphatic heterocycles. The van der Waals surface area contributed by atoms with Gasteiger partial charge in [0, 0.05) is 19.1 Å². The summed E-state index contributed by atoms with van der Waals surface area (Å²) in [5.74, 6) is -2.55. The van der Waals surface area contributed by atoms with E-state index in [9.17, 15) is 24.9 Å². The number of carboxylic acid groups (broad SMARTS) is 1. The van der Waals surface area contributed by atoms with E-state index < -0.39 is 11.7 Å². The number of carbonyl (C=O) groups is 2. The molecule has 9 heteroatoms. The molecule has 162 valence electrons. The molecule has 0 radical (unpaired) electrons. The zero-order valence-corrected chi connectivity index (χ0v) is 17.1. The minimum absolute atomic E-state index is 0.0692. The number of benzene rings is 1. The molecule has 4 N–H and O–H groups in total. The molecular formula is C21H26N2O7. The van der Waals surface area contributed by atoms with E-state index in [-0.39, 0.29) is 52.4 Å². The molecule has 30 heavy (non-hydrogen) atoms. The maximum Gasteiger partial charge on any atom is 0.360 e. The molecule has 1 amide bonds. The van der Waals surface area contributed by atoms with Crippen molar-refractivity contribution in [2.45, 2.75) is 51.6 Å². The predicted molar refractivity (Wildman–Crippen MR) is 108 cm³/mol. The molecule has 0 atom stereocenters. The minimum Gasteiger partial charge on any atom is -0.508 e. The van der Waals surface area contributed by atoms with Crippen LogP contribution in [0.1, 0.15) is 61.5 Å². The average Bonchev–Trinajstić information content (AvgIpc) is 3.11. The second kappa shape index (κ2) is 8.74. The molecule has 2 aromatic rings. The number of hydrogen-bond donors (Lipinski definition) is 4. The molecule has 1 aliphatic carbocycles. The summed E-state index contributed by atoms with van der Waals surface area (Å²) in [5.41, 5.74) is 0.0979. The highest BCUT2D eigenvalue weighted by Gasteiger charge is 2.31. The van der Waals surface area contributed by atoms with Crippen LogP contribution in [0.25, 0.3) is 11.3 Å². The highest BCUT2D eigenvalue weighted by molar-refractivity contribution is 6.04. The maximum atomic E-state index is 12.8. The molecule has 9 nitrogen and oxygen atoms in total. The number of nitrogens with one attached hydrogen (secondary N) is 1. The summed E-state index contributed by atoms with van der Waals surface area (Å²) in [5, 5.41) is 36.1. The van der Waals surface area contributed by atoms with Gasteiger partial charge in [-0.15, -0.1) is 0 Å². The number of ether oxygens (including phenoxy) is 1. The van der Waals surface area contributed by atoms with Gasteiger partial charge in [-0.05, 0) is 43.2 Å². The van der Waals surface area contributed by atoms with Crippen LogP contribution in [0.4, 0.5) is 5.69 Å². The van der Waals surface area contributed by atoms with Gasteiger partial charge in [0.2, 0.25) is 11.6 Å². The highest BCUT2D eigenvalue weighted by Crippen LogP contribution is 2.42. The largest absolute Gasteiger partial charge is 0.508 e. The van der Waals surface area contributed by atoms with E-state index in [0.717, 1.165) is 18.9 Å². The number of carbonyl (C=O) groups excluding carboxylic acids is 1. The first-order chi connectivity index (χ1) is 14.2. The standard InChI is InChI=1S/C21H26N2O7/c1-10(2)13-8-14(16(25)9-15(13)24)19-17(18(21(27)28)23-30-19)22-20(26)11-4-6-12(29-3)7-5-11/h8-12,24-25H,4-7H2,1-3H3,(H,22,26)(H,27,28). The summed E-state index contributed by atoms with van der Waals surface area (Å²) in [6.07, 6.45) is 2.85. The Morgan fingerprint density at radius 2 is 1.83 bits per heavy atom. The summed E-state index contributed by atoms with van der Waals surface area (Å²) >= 11 is 0. The van der Waals surface area contributed by atoms with Gasteiger partial charge >= 0.3 is 5.97 Å². The van der Waals surface area contributed by atoms with Gasteiger partial charge in [0.05, 0.1) is 11.7 Å². The molecule has 0 spiro atoms. The van der Waals surface area contributed by atoms with E-state index in [1.807, 2.05) is 13.8 Å². The topological polar surface area (TPSA) is 142 Å². The maximum absolute atomic E-state index is 12.8. The molecule has 1 aromatic carbocycles. The van der Waals surface area contributed by atoms with Crippen molar-refractivity contribution in [2.24, 2.45) is 5.92 Å². The van der Waals surface area contributed by atoms with Gasteiger partial charge in [-0.25, -0.2) is 4.79 Å². The molecule has 1 aromatic heterocycles. The fraction of sp³-hybridized carbons (Fsp3) is 0.476. The van der Waals surface area contributed by atoms with Gasteiger partial charge in [-0.2, -0.15) is 0 Å². The van der Waals surface area contributed by atoms with Crippen molar-refractivity contribution in [1.29, 1.82) is 0 Å². The Bertz CT molecular complexity index is 943. The Morgan fingerprint density at radius 3 is 2.40 bits per heavy atom. The monoisotopic (exact) mass is 418 g/mol. The third-order valence-corrected chi connectivity index (χ3v) is 5.53. The number of methoxy groups -OCH3 is 1. The first kappa shape index (κ1) is 21.6. The van der Waals surface area contributed by atoms with Crippen molar-refractivity contribution in [1.82, 2.24) is 5.16 Å². The molecule has 3 rings (SSSR count). The average molecular weight is 418 g/mol. The van der Waals surface area contributed by atoms with Gasteiger partial charge < -0.3 is 29.9 Å². The van der Waals surface area contributed by atoms with Crippen molar-refractivity contribution < 1.29 is 34.2 Å². The summed E-state index contributed by atoms with van der Waals surface area (Å²) in [7, 11) is 1.64. The van der Waals surface area contributed by atoms with Crippen molar-refractivity contribution in [3.05, 3.63) is 23.4 Å². The zero-order valence-electron chi connectivity index (χ0n) is 17.1. The number of carboxylic acids is 1. The smallest absolute Gasteiger partial charge is 0.360 e. The third-order valence-electron chi connectivity index (χ3n) is 5.53. The SMILES string of the molecule is COC1CCC(C(=O)Nc2c(C(=O)O)noc2-c2cc(C(C)C)c(O)cc2O)CC1. The lowest BCUT2D eigenvalue weighted by Crippen LogP contribution is -2.30. The molecule has 0 saturated heterocycles. The number of phenols is 2. The Kier molecular flexibility index (Phi) is 6.31. The number of rotatable bonds is 6. The van der Waals surface area contributed by atoms with Crippen LogP contribution in [0, 0.1) is 5.92 Å². The summed E-state index contributed by atoms with van der Waals surface area (Å²) in [6, 6.07) is 2.66. The number of aromatic hydroxyl groups is 2. The van der Waals surface area contributed by atoms with Crippen LogP contribution in [0.3, 0.4) is 0 Å². The van der Waals surface area contributed by atoms with Crippen LogP contribution < -0.4 is 5.32 Å². The number of aromatic nitrogens is 1. The number of anilines is 1. The molecule has 1 heterocycles. The third kappa shape index (κ3) is 4.25. The number of hydrogen-bond acceptors (Lipinski definition) is 7. The summed E-state index contributed by atoms with van der Waals surface area (Å²) < 4.78 is 10.5. The Labute approximate surface area is 173 Å². The van der Waals surface area contributed by atoms with Gasteiger partial charge in [-0.3, -0.25) is 4.79 Å². The number of nitrogens with zero attached hydrogens (tertiary/aromatic N) is 1. The molecular weight excluding hydrogens is 392 g/mol. The molecule has 0 bridgehead atoms. The van der Waals surface area contributed by atoms with Crippen LogP contribution in [0.5, 0.6) is 11.5 Å². The first-order valence-electron chi connectivity index (χ1n) is 9.85. The zero-order chi connectivity index (χ0) is 22.0. The normalized spacial score (nSPS) is 19.1. The van der Waals surface area contributed by atoms with Crippen LogP contribution in [-0.2, 0) is 9.53 Å². The van der Waals surface area contributed by atoms with Gasteiger partial charge in [0.15, 0.2) is 5.76 Å². The minimum atomic E-state index is -1.37. The molecule has 1 saturated carbocycles. The second-order valence-electron chi connectivity index (χ2n) is 7.82. The van der Waals surface area contributed by atoms with E-state index >= 15 is 0 Å². The van der Waals surface area contributed by atoms with E-state index in [0.29, 0.717) is 18.4 Å². The van der Waals surface area contributed by atoms with Crippen LogP contribution in [0.15, 0.2) is 16.7 Å². The van der Waals surface area contributed by atoms with E-state index in [1.54, 1.807) is 7.11 Å². The summed E-state index contributed by atoms with van der Waals surface area (Å²) in [6.45, 7) is 3.72. The van der Waals surface area contributed by atoms with Crippen LogP contribution in [0.2, 0.25) is 0 Å². The summed E-state index contributed by atoms with van der Waals surface area (Å²) in [4.78, 5) is 24.4. The van der Waals surface area contributed by atoms with Crippen molar-refractivity contribution in [3.8, 4) is 22.8 Å². The quantitative estimate of drug-likeness (QED) is 0.556. The van der Waals surface area contributed by atoms with Crippen molar-refractivity contribution in [2.75, 3.05) is 12.4 Å². The first-order valence-corrected chi connectivity index (χ1v) is 9.85. The van der Waals surface area contributed by atoms with Crippen LogP contribution >= 0.6 is 0 Å². The van der Waals surface area contributed by atoms with E-state index in [4.69, 9.17) is 9.26 Å². The lowest BCUT2D eigenvalue weighted by molar-refractivity contribution is -0.121. The Hall–Kier alpha value is -3.07. The fourth-order valence-corrected chi connectivity index (χ4v) is 3.76. The lowest BCUT2D eigenvalue weighted by Gasteiger charge is -2.26.